The number of quaternary nitrogens is 1. The van der Waals surface area contributed by atoms with Crippen molar-refractivity contribution in [3.8, 4) is 0 Å². The minimum Gasteiger partial charge on any atom is -0.477 e. The number of rotatable bonds is 2. The first-order valence-corrected chi connectivity index (χ1v) is 8.36. The zero-order valence-electron chi connectivity index (χ0n) is 11.9. The van der Waals surface area contributed by atoms with E-state index in [-0.39, 0.29) is 6.04 Å². The average Bonchev–Trinajstić information content (AvgIpc) is 2.46. The fourth-order valence-corrected chi connectivity index (χ4v) is 5.10. The highest BCUT2D eigenvalue weighted by Crippen LogP contribution is 2.36. The van der Waals surface area contributed by atoms with E-state index >= 15 is 0 Å². The molecular weight excluding hydrogens is 238 g/mol. The number of aliphatic carboxylic acids is 1. The second kappa shape index (κ2) is 5.82. The van der Waals surface area contributed by atoms with Crippen molar-refractivity contribution >= 4 is 5.97 Å². The molecule has 0 spiro atoms. The zero-order valence-corrected chi connectivity index (χ0v) is 11.9. The number of carboxylic acid groups (broad SMARTS) is 1. The maximum absolute atomic E-state index is 11.8. The van der Waals surface area contributed by atoms with Crippen molar-refractivity contribution in [3.63, 3.8) is 0 Å². The van der Waals surface area contributed by atoms with Gasteiger partial charge in [-0.15, -0.1) is 0 Å². The van der Waals surface area contributed by atoms with Gasteiger partial charge in [-0.3, -0.25) is 0 Å². The van der Waals surface area contributed by atoms with Gasteiger partial charge in [0, 0.05) is 5.92 Å². The van der Waals surface area contributed by atoms with Gasteiger partial charge in [0.1, 0.15) is 0 Å². The Morgan fingerprint density at radius 2 is 1.63 bits per heavy atom. The Balaban J connectivity index is 1.76. The number of carboxylic acids is 1. The molecule has 0 amide bonds. The predicted molar refractivity (Wildman–Crippen MR) is 74.2 cm³/mol. The van der Waals surface area contributed by atoms with Crippen LogP contribution in [0.2, 0.25) is 0 Å². The van der Waals surface area contributed by atoms with Crippen molar-refractivity contribution in [3.05, 3.63) is 0 Å². The number of carbonyl (C=O) groups is 1. The highest BCUT2D eigenvalue weighted by Gasteiger charge is 2.48. The van der Waals surface area contributed by atoms with Crippen LogP contribution >= 0.6 is 0 Å². The molecule has 3 rings (SSSR count). The molecule has 1 saturated carbocycles. The van der Waals surface area contributed by atoms with Gasteiger partial charge in [0.05, 0.1) is 12.6 Å². The summed E-state index contributed by atoms with van der Waals surface area (Å²) in [5, 5.41) is 9.76. The van der Waals surface area contributed by atoms with E-state index < -0.39 is 5.97 Å². The van der Waals surface area contributed by atoms with E-state index in [0.717, 1.165) is 6.54 Å². The molecule has 0 bridgehead atoms. The van der Waals surface area contributed by atoms with Crippen molar-refractivity contribution < 1.29 is 14.8 Å². The Bertz CT molecular complexity index is 325. The topological polar surface area (TPSA) is 41.7 Å². The molecule has 0 aromatic rings. The standard InChI is InChI=1S/C16H27NO2/c18-16(19)15-14(12-6-2-1-3-7-12)10-9-13-8-4-5-11-17(13)15/h12-15H,1-11H2,(H,18,19)/p+1. The van der Waals surface area contributed by atoms with Crippen LogP contribution in [0.4, 0.5) is 0 Å². The molecule has 2 aliphatic heterocycles. The highest BCUT2D eigenvalue weighted by molar-refractivity contribution is 5.72. The summed E-state index contributed by atoms with van der Waals surface area (Å²) < 4.78 is 0. The second-order valence-corrected chi connectivity index (χ2v) is 6.97. The molecule has 2 heterocycles. The van der Waals surface area contributed by atoms with Crippen LogP contribution in [0.15, 0.2) is 0 Å². The van der Waals surface area contributed by atoms with Crippen LogP contribution in [0.1, 0.15) is 64.2 Å². The summed E-state index contributed by atoms with van der Waals surface area (Å²) in [4.78, 5) is 13.3. The third-order valence-corrected chi connectivity index (χ3v) is 5.99. The van der Waals surface area contributed by atoms with Crippen LogP contribution in [-0.4, -0.2) is 29.7 Å². The molecule has 3 nitrogen and oxygen atoms in total. The van der Waals surface area contributed by atoms with Crippen LogP contribution in [0.25, 0.3) is 0 Å². The lowest BCUT2D eigenvalue weighted by atomic mass is 9.70. The van der Waals surface area contributed by atoms with Crippen LogP contribution < -0.4 is 4.90 Å². The monoisotopic (exact) mass is 266 g/mol. The Morgan fingerprint density at radius 1 is 0.895 bits per heavy atom. The molecule has 0 aromatic heterocycles. The molecule has 3 heteroatoms. The van der Waals surface area contributed by atoms with Gasteiger partial charge in [0.2, 0.25) is 0 Å². The summed E-state index contributed by atoms with van der Waals surface area (Å²) in [7, 11) is 0. The molecule has 3 aliphatic rings. The van der Waals surface area contributed by atoms with Gasteiger partial charge in [-0.25, -0.2) is 4.79 Å². The molecule has 108 valence electrons. The summed E-state index contributed by atoms with van der Waals surface area (Å²) in [5.74, 6) is 0.643. The maximum Gasteiger partial charge on any atom is 0.362 e. The summed E-state index contributed by atoms with van der Waals surface area (Å²) >= 11 is 0. The van der Waals surface area contributed by atoms with E-state index in [1.165, 1.54) is 69.1 Å². The molecular formula is C16H28NO2+. The van der Waals surface area contributed by atoms with Crippen LogP contribution in [0.3, 0.4) is 0 Å². The summed E-state index contributed by atoms with van der Waals surface area (Å²) in [6, 6.07) is 0.553. The van der Waals surface area contributed by atoms with Crippen LogP contribution in [-0.2, 0) is 4.79 Å². The third-order valence-electron chi connectivity index (χ3n) is 5.99. The molecule has 19 heavy (non-hydrogen) atoms. The average molecular weight is 266 g/mol. The molecule has 3 fully saturated rings. The van der Waals surface area contributed by atoms with E-state index in [1.54, 1.807) is 0 Å². The maximum atomic E-state index is 11.8. The Labute approximate surface area is 116 Å². The van der Waals surface area contributed by atoms with Crippen LogP contribution in [0.5, 0.6) is 0 Å². The van der Waals surface area contributed by atoms with E-state index in [9.17, 15) is 9.90 Å². The van der Waals surface area contributed by atoms with Crippen molar-refractivity contribution in [1.29, 1.82) is 0 Å². The predicted octanol–water partition coefficient (Wildman–Crippen LogP) is 1.87. The summed E-state index contributed by atoms with van der Waals surface area (Å²) in [6.07, 6.45) is 12.8. The first kappa shape index (κ1) is 13.4. The first-order valence-electron chi connectivity index (χ1n) is 8.36. The van der Waals surface area contributed by atoms with E-state index in [1.807, 2.05) is 0 Å². The zero-order chi connectivity index (χ0) is 13.2. The fourth-order valence-electron chi connectivity index (χ4n) is 5.10. The minimum atomic E-state index is -0.517. The number of hydrogen-bond acceptors (Lipinski definition) is 1. The molecule has 0 aromatic carbocycles. The van der Waals surface area contributed by atoms with E-state index in [0.29, 0.717) is 17.9 Å². The van der Waals surface area contributed by atoms with E-state index in [2.05, 4.69) is 0 Å². The van der Waals surface area contributed by atoms with E-state index in [4.69, 9.17) is 0 Å². The van der Waals surface area contributed by atoms with Gasteiger partial charge in [-0.05, 0) is 50.9 Å². The van der Waals surface area contributed by atoms with Gasteiger partial charge in [-0.1, -0.05) is 19.3 Å². The SMILES string of the molecule is O=C(O)C1C(C2CCCCC2)CCC2CCCC[NH+]21. The quantitative estimate of drug-likeness (QED) is 0.801. The highest BCUT2D eigenvalue weighted by atomic mass is 16.4. The smallest absolute Gasteiger partial charge is 0.362 e. The number of piperidine rings is 2. The van der Waals surface area contributed by atoms with Gasteiger partial charge in [0.15, 0.2) is 6.04 Å². The molecule has 4 atom stereocenters. The Morgan fingerprint density at radius 3 is 2.37 bits per heavy atom. The minimum absolute atomic E-state index is 0.0952. The van der Waals surface area contributed by atoms with Crippen molar-refractivity contribution in [2.45, 2.75) is 76.3 Å². The van der Waals surface area contributed by atoms with Crippen LogP contribution in [0, 0.1) is 11.8 Å². The van der Waals surface area contributed by atoms with Crippen molar-refractivity contribution in [2.24, 2.45) is 11.8 Å². The number of hydrogen-bond donors (Lipinski definition) is 2. The Kier molecular flexibility index (Phi) is 4.11. The fraction of sp³-hybridized carbons (Fsp3) is 0.938. The second-order valence-electron chi connectivity index (χ2n) is 6.97. The largest absolute Gasteiger partial charge is 0.477 e. The van der Waals surface area contributed by atoms with Gasteiger partial charge in [-0.2, -0.15) is 0 Å². The lowest BCUT2D eigenvalue weighted by molar-refractivity contribution is -0.956. The van der Waals surface area contributed by atoms with Gasteiger partial charge in [0.25, 0.3) is 0 Å². The van der Waals surface area contributed by atoms with Crippen molar-refractivity contribution in [2.75, 3.05) is 6.54 Å². The Hall–Kier alpha value is -0.570. The molecule has 1 aliphatic carbocycles. The van der Waals surface area contributed by atoms with Gasteiger partial charge >= 0.3 is 5.97 Å². The summed E-state index contributed by atoms with van der Waals surface area (Å²) in [5.41, 5.74) is 0. The third kappa shape index (κ3) is 2.67. The normalized spacial score (nSPS) is 40.6. The summed E-state index contributed by atoms with van der Waals surface area (Å²) in [6.45, 7) is 1.10. The lowest BCUT2D eigenvalue weighted by Crippen LogP contribution is -3.22. The lowest BCUT2D eigenvalue weighted by Gasteiger charge is -2.46. The molecule has 2 saturated heterocycles. The molecule has 2 N–H and O–H groups in total. The first-order chi connectivity index (χ1) is 9.27. The molecule has 4 unspecified atom stereocenters. The molecule has 0 radical (unpaired) electrons. The van der Waals surface area contributed by atoms with Crippen molar-refractivity contribution in [1.82, 2.24) is 0 Å². The van der Waals surface area contributed by atoms with Gasteiger partial charge < -0.3 is 10.0 Å². The number of fused-ring (bicyclic) bond motifs is 1. The number of nitrogens with one attached hydrogen (secondary N) is 1.